The molecule has 0 spiro atoms. The Balaban J connectivity index is 1.56. The molecule has 1 aliphatic heterocycles. The van der Waals surface area contributed by atoms with Gasteiger partial charge in [-0.3, -0.25) is 4.79 Å². The van der Waals surface area contributed by atoms with Gasteiger partial charge in [-0.15, -0.1) is 0 Å². The van der Waals surface area contributed by atoms with Crippen LogP contribution in [0.25, 0.3) is 16.9 Å². The van der Waals surface area contributed by atoms with E-state index in [0.29, 0.717) is 40.5 Å². The van der Waals surface area contributed by atoms with Crippen LogP contribution in [0, 0.1) is 0 Å². The minimum Gasteiger partial charge on any atom is -0.497 e. The Morgan fingerprint density at radius 3 is 2.63 bits per heavy atom. The second-order valence-electron chi connectivity index (χ2n) is 8.86. The van der Waals surface area contributed by atoms with Gasteiger partial charge in [-0.05, 0) is 75.2 Å². The molecule has 2 heterocycles. The van der Waals surface area contributed by atoms with E-state index in [1.54, 1.807) is 43.2 Å². The van der Waals surface area contributed by atoms with E-state index in [2.05, 4.69) is 17.1 Å². The summed E-state index contributed by atoms with van der Waals surface area (Å²) in [5, 5.41) is 8.46. The normalized spacial score (nSPS) is 16.2. The Hall–Kier alpha value is -3.03. The molecule has 1 atom stereocenters. The van der Waals surface area contributed by atoms with E-state index in [1.165, 1.54) is 19.3 Å². The second kappa shape index (κ2) is 11.6. The maximum absolute atomic E-state index is 13.3. The Kier molecular flexibility index (Phi) is 8.31. The highest BCUT2D eigenvalue weighted by Crippen LogP contribution is 2.33. The fraction of sp³-hybridized carbons (Fsp3) is 0.407. The van der Waals surface area contributed by atoms with Crippen molar-refractivity contribution in [2.45, 2.75) is 38.6 Å². The molecule has 35 heavy (non-hydrogen) atoms. The molecule has 0 aliphatic carbocycles. The smallest absolute Gasteiger partial charge is 0.270 e. The number of rotatable bonds is 9. The van der Waals surface area contributed by atoms with Crippen LogP contribution in [-0.2, 0) is 0 Å². The molecule has 0 bridgehead atoms. The molecule has 1 fully saturated rings. The summed E-state index contributed by atoms with van der Waals surface area (Å²) in [4.78, 5) is 15.8. The lowest BCUT2D eigenvalue weighted by Gasteiger charge is -2.33. The van der Waals surface area contributed by atoms with Gasteiger partial charge in [0.15, 0.2) is 0 Å². The summed E-state index contributed by atoms with van der Waals surface area (Å²) in [7, 11) is 3.21. The molecule has 1 N–H and O–H groups in total. The fourth-order valence-electron chi connectivity index (χ4n) is 4.53. The minimum absolute atomic E-state index is 0.169. The van der Waals surface area contributed by atoms with E-state index in [0.717, 1.165) is 30.8 Å². The van der Waals surface area contributed by atoms with E-state index in [-0.39, 0.29) is 5.91 Å². The van der Waals surface area contributed by atoms with Crippen molar-refractivity contribution in [1.82, 2.24) is 20.0 Å². The number of hydrogen-bond donors (Lipinski definition) is 1. The number of piperidine rings is 1. The summed E-state index contributed by atoms with van der Waals surface area (Å²) in [6.45, 7) is 5.03. The molecule has 7 nitrogen and oxygen atoms in total. The van der Waals surface area contributed by atoms with Gasteiger partial charge in [-0.1, -0.05) is 18.0 Å². The number of methoxy groups -OCH3 is 2. The Bertz CT molecular complexity index is 1150. The zero-order valence-corrected chi connectivity index (χ0v) is 21.3. The number of halogens is 1. The maximum Gasteiger partial charge on any atom is 0.270 e. The zero-order chi connectivity index (χ0) is 24.8. The monoisotopic (exact) mass is 496 g/mol. The van der Waals surface area contributed by atoms with Crippen LogP contribution in [0.3, 0.4) is 0 Å². The molecule has 1 aromatic heterocycles. The maximum atomic E-state index is 13.3. The van der Waals surface area contributed by atoms with Gasteiger partial charge < -0.3 is 19.7 Å². The highest BCUT2D eigenvalue weighted by molar-refractivity contribution is 6.30. The third-order valence-electron chi connectivity index (χ3n) is 6.55. The van der Waals surface area contributed by atoms with Crippen LogP contribution >= 0.6 is 11.6 Å². The topological polar surface area (TPSA) is 68.6 Å². The summed E-state index contributed by atoms with van der Waals surface area (Å²) in [5.41, 5.74) is 2.60. The molecular weight excluding hydrogens is 464 g/mol. The van der Waals surface area contributed by atoms with E-state index >= 15 is 0 Å². The first-order valence-corrected chi connectivity index (χ1v) is 12.5. The summed E-state index contributed by atoms with van der Waals surface area (Å²) in [5.74, 6) is 1.13. The van der Waals surface area contributed by atoms with Gasteiger partial charge >= 0.3 is 0 Å². The van der Waals surface area contributed by atoms with Crippen LogP contribution in [0.2, 0.25) is 5.02 Å². The molecule has 4 rings (SSSR count). The highest BCUT2D eigenvalue weighted by atomic mass is 35.5. The third-order valence-corrected chi connectivity index (χ3v) is 6.80. The lowest BCUT2D eigenvalue weighted by atomic mass is 10.0. The van der Waals surface area contributed by atoms with Gasteiger partial charge in [-0.25, -0.2) is 4.68 Å². The zero-order valence-electron chi connectivity index (χ0n) is 20.6. The van der Waals surface area contributed by atoms with Crippen LogP contribution in [0.1, 0.15) is 43.1 Å². The summed E-state index contributed by atoms with van der Waals surface area (Å²) in [6, 6.07) is 15.2. The summed E-state index contributed by atoms with van der Waals surface area (Å²) < 4.78 is 12.5. The SMILES string of the molecule is COc1ccc(-c2cc(C(=O)NCCCN3CCCCC3C)n(-c3ccc(Cl)cc3)n2)c(OC)c1. The molecule has 0 saturated carbocycles. The van der Waals surface area contributed by atoms with E-state index in [1.807, 2.05) is 24.3 Å². The van der Waals surface area contributed by atoms with Crippen molar-refractivity contribution in [2.24, 2.45) is 0 Å². The number of nitrogens with zero attached hydrogens (tertiary/aromatic N) is 3. The Labute approximate surface area is 212 Å². The summed E-state index contributed by atoms with van der Waals surface area (Å²) in [6.07, 6.45) is 4.73. The van der Waals surface area contributed by atoms with E-state index < -0.39 is 0 Å². The number of benzene rings is 2. The summed E-state index contributed by atoms with van der Waals surface area (Å²) >= 11 is 6.09. The largest absolute Gasteiger partial charge is 0.497 e. The Morgan fingerprint density at radius 2 is 1.91 bits per heavy atom. The molecule has 1 aliphatic rings. The molecule has 1 saturated heterocycles. The predicted octanol–water partition coefficient (Wildman–Crippen LogP) is 5.20. The third kappa shape index (κ3) is 5.97. The molecule has 0 radical (unpaired) electrons. The molecule has 186 valence electrons. The molecule has 8 heteroatoms. The molecule has 1 unspecified atom stereocenters. The molecule has 3 aromatic rings. The molecule has 1 amide bonds. The van der Waals surface area contributed by atoms with E-state index in [4.69, 9.17) is 26.2 Å². The predicted molar refractivity (Wildman–Crippen MR) is 139 cm³/mol. The van der Waals surface area contributed by atoms with Crippen molar-refractivity contribution in [1.29, 1.82) is 0 Å². The van der Waals surface area contributed by atoms with Crippen LogP contribution in [0.4, 0.5) is 0 Å². The van der Waals surface area contributed by atoms with Crippen molar-refractivity contribution >= 4 is 17.5 Å². The highest BCUT2D eigenvalue weighted by Gasteiger charge is 2.21. The number of hydrogen-bond acceptors (Lipinski definition) is 5. The lowest BCUT2D eigenvalue weighted by molar-refractivity contribution is 0.0941. The second-order valence-corrected chi connectivity index (χ2v) is 9.30. The van der Waals surface area contributed by atoms with Crippen LogP contribution in [0.5, 0.6) is 11.5 Å². The van der Waals surface area contributed by atoms with Crippen LogP contribution < -0.4 is 14.8 Å². The number of amides is 1. The van der Waals surface area contributed by atoms with E-state index in [9.17, 15) is 4.79 Å². The fourth-order valence-corrected chi connectivity index (χ4v) is 4.65. The number of carbonyl (C=O) groups excluding carboxylic acids is 1. The van der Waals surface area contributed by atoms with Crippen LogP contribution in [0.15, 0.2) is 48.5 Å². The van der Waals surface area contributed by atoms with Crippen LogP contribution in [-0.4, -0.2) is 60.5 Å². The number of ether oxygens (including phenoxy) is 2. The number of carbonyl (C=O) groups is 1. The van der Waals surface area contributed by atoms with Gasteiger partial charge in [-0.2, -0.15) is 5.10 Å². The lowest BCUT2D eigenvalue weighted by Crippen LogP contribution is -2.39. The van der Waals surface area contributed by atoms with Crippen molar-refractivity contribution in [2.75, 3.05) is 33.9 Å². The number of nitrogens with one attached hydrogen (secondary N) is 1. The van der Waals surface area contributed by atoms with Gasteiger partial charge in [0.2, 0.25) is 0 Å². The van der Waals surface area contributed by atoms with Crippen molar-refractivity contribution < 1.29 is 14.3 Å². The van der Waals surface area contributed by atoms with Crippen molar-refractivity contribution in [3.05, 3.63) is 59.2 Å². The first-order chi connectivity index (χ1) is 17.0. The van der Waals surface area contributed by atoms with Gasteiger partial charge in [0.1, 0.15) is 17.2 Å². The molecule has 2 aromatic carbocycles. The molecular formula is C27H33ClN4O3. The van der Waals surface area contributed by atoms with Crippen molar-refractivity contribution in [3.8, 4) is 28.4 Å². The average Bonchev–Trinajstić information content (AvgIpc) is 3.33. The number of aromatic nitrogens is 2. The average molecular weight is 497 g/mol. The van der Waals surface area contributed by atoms with Gasteiger partial charge in [0.05, 0.1) is 25.6 Å². The first kappa shape index (κ1) is 25.1. The standard InChI is InChI=1S/C27H33ClN4O3/c1-19-7-4-5-15-31(19)16-6-14-29-27(33)25-18-24(23-13-12-22(34-2)17-26(23)35-3)30-32(25)21-10-8-20(28)9-11-21/h8-13,17-19H,4-7,14-16H2,1-3H3,(H,29,33). The number of likely N-dealkylation sites (tertiary alicyclic amines) is 1. The minimum atomic E-state index is -0.169. The van der Waals surface area contributed by atoms with Gasteiger partial charge in [0.25, 0.3) is 5.91 Å². The van der Waals surface area contributed by atoms with Gasteiger partial charge in [0, 0.05) is 35.8 Å². The Morgan fingerprint density at radius 1 is 1.11 bits per heavy atom. The first-order valence-electron chi connectivity index (χ1n) is 12.1. The quantitative estimate of drug-likeness (QED) is 0.412. The van der Waals surface area contributed by atoms with Crippen molar-refractivity contribution in [3.63, 3.8) is 0 Å².